The summed E-state index contributed by atoms with van der Waals surface area (Å²) in [6, 6.07) is 27.3. The number of halogens is 3. The lowest BCUT2D eigenvalue weighted by molar-refractivity contribution is -0.137. The normalized spacial score (nSPS) is 11.5. The van der Waals surface area contributed by atoms with Crippen LogP contribution in [0.4, 0.5) is 13.2 Å². The van der Waals surface area contributed by atoms with Gasteiger partial charge in [-0.05, 0) is 60.2 Å². The molecule has 4 aromatic carbocycles. The fourth-order valence-electron chi connectivity index (χ4n) is 3.94. The van der Waals surface area contributed by atoms with Gasteiger partial charge in [0.2, 0.25) is 0 Å². The highest BCUT2D eigenvalue weighted by Gasteiger charge is 2.31. The highest BCUT2D eigenvalue weighted by atomic mass is 19.4. The van der Waals surface area contributed by atoms with E-state index >= 15 is 0 Å². The molecular formula is C30H19F3N4O2. The number of nitrogens with zero attached hydrogens (tertiary/aromatic N) is 4. The van der Waals surface area contributed by atoms with E-state index in [1.165, 1.54) is 18.3 Å². The van der Waals surface area contributed by atoms with E-state index in [1.54, 1.807) is 60.7 Å². The van der Waals surface area contributed by atoms with E-state index in [-0.39, 0.29) is 23.4 Å². The Morgan fingerprint density at radius 1 is 0.949 bits per heavy atom. The van der Waals surface area contributed by atoms with Crippen LogP contribution in [0.25, 0.3) is 22.3 Å². The predicted molar refractivity (Wildman–Crippen MR) is 141 cm³/mol. The summed E-state index contributed by atoms with van der Waals surface area (Å²) in [5.41, 5.74) is 0.997. The molecule has 5 rings (SSSR count). The molecular weight excluding hydrogens is 505 g/mol. The van der Waals surface area contributed by atoms with Crippen molar-refractivity contribution in [2.24, 2.45) is 5.10 Å². The van der Waals surface area contributed by atoms with E-state index < -0.39 is 17.3 Å². The highest BCUT2D eigenvalue weighted by molar-refractivity contribution is 5.82. The van der Waals surface area contributed by atoms with Gasteiger partial charge in [-0.1, -0.05) is 42.5 Å². The molecule has 5 aromatic rings. The Morgan fingerprint density at radius 3 is 2.46 bits per heavy atom. The number of alkyl halides is 3. The summed E-state index contributed by atoms with van der Waals surface area (Å²) in [6.07, 6.45) is -3.13. The minimum absolute atomic E-state index is 0.0165. The zero-order chi connectivity index (χ0) is 27.4. The van der Waals surface area contributed by atoms with Crippen LogP contribution in [0.2, 0.25) is 0 Å². The molecule has 0 aliphatic rings. The highest BCUT2D eigenvalue weighted by Crippen LogP contribution is 2.32. The van der Waals surface area contributed by atoms with Gasteiger partial charge in [0, 0.05) is 11.1 Å². The van der Waals surface area contributed by atoms with Gasteiger partial charge in [0.15, 0.2) is 5.82 Å². The third-order valence-electron chi connectivity index (χ3n) is 5.94. The first-order valence-corrected chi connectivity index (χ1v) is 11.8. The van der Waals surface area contributed by atoms with Crippen molar-refractivity contribution in [3.05, 3.63) is 130 Å². The van der Waals surface area contributed by atoms with Gasteiger partial charge >= 0.3 is 6.18 Å². The molecule has 1 aromatic heterocycles. The van der Waals surface area contributed by atoms with Gasteiger partial charge in [-0.2, -0.15) is 28.2 Å². The zero-order valence-electron chi connectivity index (χ0n) is 20.3. The largest absolute Gasteiger partial charge is 0.489 e. The van der Waals surface area contributed by atoms with E-state index in [0.717, 1.165) is 22.4 Å². The van der Waals surface area contributed by atoms with Crippen LogP contribution in [0.3, 0.4) is 0 Å². The summed E-state index contributed by atoms with van der Waals surface area (Å²) >= 11 is 0. The van der Waals surface area contributed by atoms with Crippen LogP contribution in [-0.2, 0) is 12.8 Å². The van der Waals surface area contributed by atoms with Crippen LogP contribution in [0.5, 0.6) is 5.75 Å². The average molecular weight is 525 g/mol. The van der Waals surface area contributed by atoms with Crippen LogP contribution >= 0.6 is 0 Å². The Kier molecular flexibility index (Phi) is 6.93. The smallest absolute Gasteiger partial charge is 0.416 e. The van der Waals surface area contributed by atoms with Crippen molar-refractivity contribution in [2.75, 3.05) is 0 Å². The molecule has 9 heteroatoms. The summed E-state index contributed by atoms with van der Waals surface area (Å²) in [5, 5.41) is 13.8. The molecule has 0 spiro atoms. The van der Waals surface area contributed by atoms with Crippen molar-refractivity contribution in [2.45, 2.75) is 12.8 Å². The first-order valence-electron chi connectivity index (χ1n) is 11.8. The molecule has 0 N–H and O–H groups in total. The van der Waals surface area contributed by atoms with Crippen molar-refractivity contribution in [3.8, 4) is 23.2 Å². The molecule has 0 bridgehead atoms. The van der Waals surface area contributed by atoms with Gasteiger partial charge in [0.05, 0.1) is 34.3 Å². The number of nitriles is 1. The Labute approximate surface area is 220 Å². The number of ether oxygens (including phenoxy) is 1. The number of para-hydroxylation sites is 1. The molecule has 0 aliphatic carbocycles. The standard InChI is InChI=1S/C30H19F3N4O2/c31-30(32,33)24-9-5-8-21(16-24)28-36-27-11-4-3-10-26(27)29(38)37(28)35-18-20-12-14-25(15-13-20)39-19-23-7-2-1-6-22(23)17-34/h1-16,18H,19H2. The topological polar surface area (TPSA) is 80.3 Å². The number of hydrogen-bond acceptors (Lipinski definition) is 5. The first kappa shape index (κ1) is 25.4. The molecule has 6 nitrogen and oxygen atoms in total. The minimum Gasteiger partial charge on any atom is -0.489 e. The fourth-order valence-corrected chi connectivity index (χ4v) is 3.94. The molecule has 0 saturated carbocycles. The Balaban J connectivity index is 1.46. The molecule has 0 fully saturated rings. The van der Waals surface area contributed by atoms with Crippen molar-refractivity contribution in [1.82, 2.24) is 9.66 Å². The van der Waals surface area contributed by atoms with Crippen molar-refractivity contribution in [1.29, 1.82) is 5.26 Å². The van der Waals surface area contributed by atoms with Gasteiger partial charge in [0.1, 0.15) is 12.4 Å². The maximum Gasteiger partial charge on any atom is 0.416 e. The van der Waals surface area contributed by atoms with Crippen LogP contribution in [0, 0.1) is 11.3 Å². The predicted octanol–water partition coefficient (Wildman–Crippen LogP) is 6.42. The SMILES string of the molecule is N#Cc1ccccc1COc1ccc(C=Nn2c(-c3cccc(C(F)(F)F)c3)nc3ccccc3c2=O)cc1. The van der Waals surface area contributed by atoms with Crippen molar-refractivity contribution in [3.63, 3.8) is 0 Å². The van der Waals surface area contributed by atoms with E-state index in [4.69, 9.17) is 4.74 Å². The second-order valence-corrected chi connectivity index (χ2v) is 8.52. The number of benzene rings is 4. The maximum atomic E-state index is 13.4. The van der Waals surface area contributed by atoms with Gasteiger partial charge in [-0.3, -0.25) is 4.79 Å². The molecule has 0 radical (unpaired) electrons. The molecule has 192 valence electrons. The lowest BCUT2D eigenvalue weighted by atomic mass is 10.1. The number of aromatic nitrogens is 2. The van der Waals surface area contributed by atoms with E-state index in [0.29, 0.717) is 22.4 Å². The molecule has 1 heterocycles. The van der Waals surface area contributed by atoms with E-state index in [2.05, 4.69) is 16.2 Å². The number of rotatable bonds is 6. The van der Waals surface area contributed by atoms with Gasteiger partial charge in [0.25, 0.3) is 5.56 Å². The monoisotopic (exact) mass is 524 g/mol. The van der Waals surface area contributed by atoms with Crippen LogP contribution in [-0.4, -0.2) is 15.9 Å². The zero-order valence-corrected chi connectivity index (χ0v) is 20.3. The maximum absolute atomic E-state index is 13.4. The summed E-state index contributed by atoms with van der Waals surface area (Å²) in [5.74, 6) is 0.547. The molecule has 0 amide bonds. The molecule has 0 aliphatic heterocycles. The van der Waals surface area contributed by atoms with Crippen LogP contribution in [0.1, 0.15) is 22.3 Å². The summed E-state index contributed by atoms with van der Waals surface area (Å²) in [4.78, 5) is 17.8. The molecule has 0 unspecified atom stereocenters. The number of fused-ring (bicyclic) bond motifs is 1. The van der Waals surface area contributed by atoms with Gasteiger partial charge < -0.3 is 4.74 Å². The van der Waals surface area contributed by atoms with E-state index in [1.807, 2.05) is 12.1 Å². The lowest BCUT2D eigenvalue weighted by Crippen LogP contribution is -2.20. The molecule has 0 atom stereocenters. The molecule has 39 heavy (non-hydrogen) atoms. The summed E-state index contributed by atoms with van der Waals surface area (Å²) in [7, 11) is 0. The summed E-state index contributed by atoms with van der Waals surface area (Å²) in [6.45, 7) is 0.218. The van der Waals surface area contributed by atoms with E-state index in [9.17, 15) is 23.2 Å². The Morgan fingerprint density at radius 2 is 1.69 bits per heavy atom. The van der Waals surface area contributed by atoms with Gasteiger partial charge in [-0.15, -0.1) is 0 Å². The second-order valence-electron chi connectivity index (χ2n) is 8.52. The average Bonchev–Trinajstić information content (AvgIpc) is 2.96. The third kappa shape index (κ3) is 5.55. The van der Waals surface area contributed by atoms with Gasteiger partial charge in [-0.25, -0.2) is 4.98 Å². The van der Waals surface area contributed by atoms with Crippen LogP contribution in [0.15, 0.2) is 107 Å². The summed E-state index contributed by atoms with van der Waals surface area (Å²) < 4.78 is 46.9. The van der Waals surface area contributed by atoms with Crippen LogP contribution < -0.4 is 10.3 Å². The lowest BCUT2D eigenvalue weighted by Gasteiger charge is -2.12. The Hall–Kier alpha value is -5.23. The third-order valence-corrected chi connectivity index (χ3v) is 5.94. The fraction of sp³-hybridized carbons (Fsp3) is 0.0667. The minimum atomic E-state index is -4.55. The molecule has 0 saturated heterocycles. The quantitative estimate of drug-likeness (QED) is 0.240. The Bertz CT molecular complexity index is 1790. The van der Waals surface area contributed by atoms with Crippen molar-refractivity contribution >= 4 is 17.1 Å². The second kappa shape index (κ2) is 10.6. The number of hydrogen-bond donors (Lipinski definition) is 0. The van der Waals surface area contributed by atoms with Crippen molar-refractivity contribution < 1.29 is 17.9 Å². The first-order chi connectivity index (χ1) is 18.8.